The maximum Gasteiger partial charge on any atom is 0.323 e. The normalized spacial score (nSPS) is 27.7. The Morgan fingerprint density at radius 3 is 2.73 bits per heavy atom. The standard InChI is InChI=1S/C14H23NO5Si2/c1-21(2)18-10-13(17)14(19-22(3,4)20-21)8-12(16)11-6-5-7-15-9-11/h5-7,9,13-14,17H,8,10H2,1-4H3. The van der Waals surface area contributed by atoms with E-state index in [-0.39, 0.29) is 18.8 Å². The van der Waals surface area contributed by atoms with Gasteiger partial charge in [-0.3, -0.25) is 9.78 Å². The Labute approximate surface area is 132 Å². The zero-order valence-corrected chi connectivity index (χ0v) is 15.4. The van der Waals surface area contributed by atoms with Gasteiger partial charge in [-0.2, -0.15) is 0 Å². The Hall–Kier alpha value is -0.906. The van der Waals surface area contributed by atoms with Crippen LogP contribution in [0.4, 0.5) is 0 Å². The number of hydrogen-bond acceptors (Lipinski definition) is 6. The third-order valence-electron chi connectivity index (χ3n) is 3.33. The molecule has 1 aromatic rings. The van der Waals surface area contributed by atoms with Gasteiger partial charge in [-0.1, -0.05) is 0 Å². The van der Waals surface area contributed by atoms with Crippen LogP contribution in [0.1, 0.15) is 16.8 Å². The van der Waals surface area contributed by atoms with Crippen molar-refractivity contribution in [2.75, 3.05) is 6.61 Å². The maximum absolute atomic E-state index is 12.3. The molecule has 1 aliphatic heterocycles. The van der Waals surface area contributed by atoms with E-state index >= 15 is 0 Å². The molecular weight excluding hydrogens is 318 g/mol. The number of ketones is 1. The minimum absolute atomic E-state index is 0.0813. The summed E-state index contributed by atoms with van der Waals surface area (Å²) in [6, 6.07) is 3.41. The summed E-state index contributed by atoms with van der Waals surface area (Å²) in [5.41, 5.74) is 0.511. The first-order valence-corrected chi connectivity index (χ1v) is 12.9. The molecule has 1 aliphatic rings. The average Bonchev–Trinajstić information content (AvgIpc) is 2.42. The number of aliphatic hydroxyl groups excluding tert-OH is 1. The Kier molecular flexibility index (Phi) is 5.30. The van der Waals surface area contributed by atoms with Crippen molar-refractivity contribution < 1.29 is 22.9 Å². The van der Waals surface area contributed by atoms with Crippen molar-refractivity contribution in [2.24, 2.45) is 0 Å². The summed E-state index contributed by atoms with van der Waals surface area (Å²) in [7, 11) is -4.77. The van der Waals surface area contributed by atoms with Gasteiger partial charge in [0.05, 0.1) is 12.7 Å². The number of Topliss-reactive ketones (excluding diaryl/α,β-unsaturated/α-hetero) is 1. The lowest BCUT2D eigenvalue weighted by Gasteiger charge is -2.40. The number of aliphatic hydroxyl groups is 1. The molecule has 1 N–H and O–H groups in total. The molecule has 6 nitrogen and oxygen atoms in total. The van der Waals surface area contributed by atoms with E-state index in [1.807, 2.05) is 26.2 Å². The van der Waals surface area contributed by atoms with Crippen molar-refractivity contribution in [3.63, 3.8) is 0 Å². The quantitative estimate of drug-likeness (QED) is 0.668. The first-order chi connectivity index (χ1) is 10.2. The fraction of sp³-hybridized carbons (Fsp3) is 0.571. The predicted molar refractivity (Wildman–Crippen MR) is 86.1 cm³/mol. The Balaban J connectivity index is 2.10. The van der Waals surface area contributed by atoms with Crippen molar-refractivity contribution in [1.29, 1.82) is 0 Å². The molecular formula is C14H23NO5Si2. The molecule has 2 unspecified atom stereocenters. The lowest BCUT2D eigenvalue weighted by Crippen LogP contribution is -2.56. The number of pyridine rings is 1. The Bertz CT molecular complexity index is 523. The Morgan fingerprint density at radius 2 is 2.09 bits per heavy atom. The van der Waals surface area contributed by atoms with Crippen molar-refractivity contribution in [2.45, 2.75) is 44.8 Å². The topological polar surface area (TPSA) is 77.9 Å². The van der Waals surface area contributed by atoms with Crippen molar-refractivity contribution >= 4 is 22.9 Å². The zero-order valence-electron chi connectivity index (χ0n) is 13.4. The number of aromatic nitrogens is 1. The number of hydrogen-bond donors (Lipinski definition) is 1. The summed E-state index contributed by atoms with van der Waals surface area (Å²) in [6.07, 6.45) is 1.74. The molecule has 8 heteroatoms. The van der Waals surface area contributed by atoms with E-state index in [2.05, 4.69) is 4.98 Å². The molecule has 2 heterocycles. The second kappa shape index (κ2) is 6.69. The van der Waals surface area contributed by atoms with E-state index in [9.17, 15) is 9.90 Å². The monoisotopic (exact) mass is 341 g/mol. The van der Waals surface area contributed by atoms with E-state index < -0.39 is 29.3 Å². The van der Waals surface area contributed by atoms with Gasteiger partial charge in [0.2, 0.25) is 0 Å². The number of nitrogens with zero attached hydrogens (tertiary/aromatic N) is 1. The molecule has 2 rings (SSSR count). The fourth-order valence-corrected chi connectivity index (χ4v) is 9.19. The molecule has 0 aliphatic carbocycles. The van der Waals surface area contributed by atoms with Crippen LogP contribution in [0.2, 0.25) is 26.2 Å². The highest BCUT2D eigenvalue weighted by Crippen LogP contribution is 2.25. The maximum atomic E-state index is 12.3. The van der Waals surface area contributed by atoms with E-state index in [4.69, 9.17) is 13.0 Å². The summed E-state index contributed by atoms with van der Waals surface area (Å²) in [5.74, 6) is -0.112. The lowest BCUT2D eigenvalue weighted by molar-refractivity contribution is -0.0280. The van der Waals surface area contributed by atoms with Crippen LogP contribution in [0.25, 0.3) is 0 Å². The van der Waals surface area contributed by atoms with Crippen molar-refractivity contribution in [1.82, 2.24) is 4.98 Å². The van der Waals surface area contributed by atoms with Gasteiger partial charge in [-0.25, -0.2) is 0 Å². The minimum Gasteiger partial charge on any atom is -0.415 e. The van der Waals surface area contributed by atoms with Crippen LogP contribution in [0.15, 0.2) is 24.5 Å². The van der Waals surface area contributed by atoms with E-state index in [1.54, 1.807) is 18.3 Å². The van der Waals surface area contributed by atoms with Gasteiger partial charge in [-0.15, -0.1) is 0 Å². The van der Waals surface area contributed by atoms with Gasteiger partial charge in [0.1, 0.15) is 6.10 Å². The molecule has 22 heavy (non-hydrogen) atoms. The molecule has 0 bridgehead atoms. The number of carbonyl (C=O) groups is 1. The van der Waals surface area contributed by atoms with Crippen LogP contribution in [-0.2, 0) is 13.0 Å². The average molecular weight is 342 g/mol. The van der Waals surface area contributed by atoms with Crippen LogP contribution in [0.3, 0.4) is 0 Å². The minimum atomic E-state index is -2.47. The fourth-order valence-electron chi connectivity index (χ4n) is 2.49. The summed E-state index contributed by atoms with van der Waals surface area (Å²) >= 11 is 0. The predicted octanol–water partition coefficient (Wildman–Crippen LogP) is 1.85. The van der Waals surface area contributed by atoms with Gasteiger partial charge < -0.3 is 18.1 Å². The first-order valence-electron chi connectivity index (χ1n) is 7.32. The molecule has 0 amide bonds. The number of carbonyl (C=O) groups excluding carboxylic acids is 1. The van der Waals surface area contributed by atoms with Gasteiger partial charge in [0.15, 0.2) is 5.78 Å². The van der Waals surface area contributed by atoms with Crippen LogP contribution in [0, 0.1) is 0 Å². The third-order valence-corrected chi connectivity index (χ3v) is 8.99. The van der Waals surface area contributed by atoms with Crippen molar-refractivity contribution in [3.05, 3.63) is 30.1 Å². The van der Waals surface area contributed by atoms with Gasteiger partial charge in [0, 0.05) is 24.4 Å². The molecule has 1 saturated heterocycles. The largest absolute Gasteiger partial charge is 0.415 e. The van der Waals surface area contributed by atoms with Gasteiger partial charge in [0.25, 0.3) is 0 Å². The van der Waals surface area contributed by atoms with Gasteiger partial charge >= 0.3 is 17.1 Å². The molecule has 0 spiro atoms. The van der Waals surface area contributed by atoms with Crippen molar-refractivity contribution in [3.8, 4) is 0 Å². The van der Waals surface area contributed by atoms with Crippen LogP contribution in [0.5, 0.6) is 0 Å². The first kappa shape index (κ1) is 17.4. The summed E-state index contributed by atoms with van der Waals surface area (Å²) < 4.78 is 17.8. The summed E-state index contributed by atoms with van der Waals surface area (Å²) in [6.45, 7) is 7.79. The van der Waals surface area contributed by atoms with Gasteiger partial charge in [-0.05, 0) is 38.3 Å². The highest BCUT2D eigenvalue weighted by molar-refractivity contribution is 6.78. The molecule has 122 valence electrons. The summed E-state index contributed by atoms with van der Waals surface area (Å²) in [5, 5.41) is 10.3. The SMILES string of the molecule is C[Si]1(C)OCC(O)C(CC(=O)c2cccnc2)O[Si](C)(C)O1. The molecule has 0 saturated carbocycles. The van der Waals surface area contributed by atoms with E-state index in [1.165, 1.54) is 6.20 Å². The lowest BCUT2D eigenvalue weighted by atomic mass is 10.0. The van der Waals surface area contributed by atoms with Crippen LogP contribution in [-0.4, -0.2) is 51.8 Å². The molecule has 1 aromatic heterocycles. The third kappa shape index (κ3) is 4.80. The molecule has 2 atom stereocenters. The highest BCUT2D eigenvalue weighted by atomic mass is 28.5. The van der Waals surface area contributed by atoms with Crippen LogP contribution < -0.4 is 0 Å². The van der Waals surface area contributed by atoms with E-state index in [0.717, 1.165) is 0 Å². The second-order valence-corrected chi connectivity index (χ2v) is 13.2. The summed E-state index contributed by atoms with van der Waals surface area (Å²) in [4.78, 5) is 16.2. The zero-order chi connectivity index (χ0) is 16.4. The molecule has 1 fully saturated rings. The molecule has 0 aromatic carbocycles. The van der Waals surface area contributed by atoms with Crippen LogP contribution >= 0.6 is 0 Å². The number of rotatable bonds is 3. The molecule has 0 radical (unpaired) electrons. The van der Waals surface area contributed by atoms with E-state index in [0.29, 0.717) is 5.56 Å². The smallest absolute Gasteiger partial charge is 0.323 e. The Morgan fingerprint density at radius 1 is 1.36 bits per heavy atom. The highest BCUT2D eigenvalue weighted by Gasteiger charge is 2.43. The second-order valence-electron chi connectivity index (χ2n) is 6.31.